The van der Waals surface area contributed by atoms with Crippen LogP contribution in [-0.4, -0.2) is 70.8 Å². The third kappa shape index (κ3) is 10.7. The number of thiophene rings is 1. The zero-order valence-electron chi connectivity index (χ0n) is 28.6. The Labute approximate surface area is 288 Å². The van der Waals surface area contributed by atoms with E-state index in [4.69, 9.17) is 5.73 Å². The minimum atomic E-state index is -0.851. The second-order valence-electron chi connectivity index (χ2n) is 13.0. The summed E-state index contributed by atoms with van der Waals surface area (Å²) in [5.41, 5.74) is 10.7. The van der Waals surface area contributed by atoms with Crippen molar-refractivity contribution in [1.82, 2.24) is 20.1 Å². The van der Waals surface area contributed by atoms with Gasteiger partial charge in [-0.3, -0.25) is 19.4 Å². The Morgan fingerprint density at radius 3 is 2.15 bits per heavy atom. The third-order valence-corrected chi connectivity index (χ3v) is 9.15. The van der Waals surface area contributed by atoms with Crippen molar-refractivity contribution in [3.63, 3.8) is 0 Å². The van der Waals surface area contributed by atoms with Gasteiger partial charge in [-0.2, -0.15) is 0 Å². The molecule has 9 heteroatoms. The molecule has 2 atom stereocenters. The first kappa shape index (κ1) is 36.2. The van der Waals surface area contributed by atoms with Gasteiger partial charge in [0.05, 0.1) is 0 Å². The van der Waals surface area contributed by atoms with Gasteiger partial charge < -0.3 is 20.9 Å². The maximum absolute atomic E-state index is 14.5. The average Bonchev–Trinajstić information content (AvgIpc) is 3.59. The number of rotatable bonds is 15. The van der Waals surface area contributed by atoms with Gasteiger partial charge in [0, 0.05) is 62.4 Å². The summed E-state index contributed by atoms with van der Waals surface area (Å²) in [7, 11) is 3.31. The minimum absolute atomic E-state index is 0.242. The van der Waals surface area contributed by atoms with Crippen molar-refractivity contribution in [2.24, 2.45) is 5.73 Å². The van der Waals surface area contributed by atoms with Crippen molar-refractivity contribution in [3.05, 3.63) is 124 Å². The van der Waals surface area contributed by atoms with Crippen LogP contribution in [0.5, 0.6) is 0 Å². The first-order valence-electron chi connectivity index (χ1n) is 16.2. The quantitative estimate of drug-likeness (QED) is 0.159. The Balaban J connectivity index is 1.60. The molecule has 4 aromatic rings. The van der Waals surface area contributed by atoms with E-state index >= 15 is 0 Å². The normalized spacial score (nSPS) is 13.0. The number of nitrogens with two attached hydrogens (primary N) is 1. The molecule has 8 nitrogen and oxygen atoms in total. The lowest BCUT2D eigenvalue weighted by Gasteiger charge is -2.34. The third-order valence-electron chi connectivity index (χ3n) is 8.25. The molecule has 3 N–H and O–H groups in total. The number of benzene rings is 2. The molecule has 0 bridgehead atoms. The van der Waals surface area contributed by atoms with Crippen LogP contribution >= 0.6 is 11.3 Å². The fraction of sp³-hybridized carbons (Fsp3) is 0.333. The molecule has 0 spiro atoms. The van der Waals surface area contributed by atoms with Gasteiger partial charge in [-0.25, -0.2) is 0 Å². The molecular formula is C39H47N5O3S. The van der Waals surface area contributed by atoms with Crippen LogP contribution in [0.3, 0.4) is 0 Å². The Morgan fingerprint density at radius 2 is 1.52 bits per heavy atom. The summed E-state index contributed by atoms with van der Waals surface area (Å²) in [5, 5.41) is 5.00. The van der Waals surface area contributed by atoms with E-state index in [9.17, 15) is 14.4 Å². The minimum Gasteiger partial charge on any atom is -0.354 e. The summed E-state index contributed by atoms with van der Waals surface area (Å²) >= 11 is 1.54. The van der Waals surface area contributed by atoms with Crippen LogP contribution in [0.2, 0.25) is 0 Å². The number of hydrogen-bond acceptors (Lipinski definition) is 6. The Hall–Kier alpha value is -4.60. The molecule has 0 fully saturated rings. The van der Waals surface area contributed by atoms with Gasteiger partial charge in [0.1, 0.15) is 12.1 Å². The highest BCUT2D eigenvalue weighted by Crippen LogP contribution is 2.22. The van der Waals surface area contributed by atoms with E-state index in [0.29, 0.717) is 25.8 Å². The first-order valence-corrected chi connectivity index (χ1v) is 17.1. The van der Waals surface area contributed by atoms with Gasteiger partial charge in [0.15, 0.2) is 0 Å². The van der Waals surface area contributed by atoms with Gasteiger partial charge in [0.2, 0.25) is 17.7 Å². The van der Waals surface area contributed by atoms with Crippen LogP contribution in [0.25, 0.3) is 11.1 Å². The molecule has 252 valence electrons. The number of nitrogens with one attached hydrogen (secondary N) is 1. The molecule has 3 amide bonds. The van der Waals surface area contributed by atoms with Crippen LogP contribution in [0, 0.1) is 0 Å². The monoisotopic (exact) mass is 665 g/mol. The smallest absolute Gasteiger partial charge is 0.246 e. The predicted molar refractivity (Wildman–Crippen MR) is 194 cm³/mol. The molecule has 4 rings (SSSR count). The standard InChI is InChI=1S/C39H47N5O3S/c1-28(27-39(2,3)40)24-36(45)43(4)35(25-30-13-15-32(16-14-30)31-10-7-6-8-11-31)38(47)44(5)34(26-33-12-9-23-48-33)37(46)42-22-19-29-17-20-41-21-18-29/h6-18,20-21,23-24,34-35H,19,22,25-27,40H2,1-5H3,(H,42,46)/t34-,35-/m1/s1. The van der Waals surface area contributed by atoms with E-state index in [0.717, 1.165) is 32.7 Å². The first-order chi connectivity index (χ1) is 22.9. The molecule has 0 unspecified atom stereocenters. The molecule has 2 heterocycles. The Morgan fingerprint density at radius 1 is 0.854 bits per heavy atom. The van der Waals surface area contributed by atoms with E-state index in [1.165, 1.54) is 9.80 Å². The topological polar surface area (TPSA) is 109 Å². The van der Waals surface area contributed by atoms with Crippen molar-refractivity contribution >= 4 is 29.1 Å². The molecule has 0 saturated heterocycles. The molecule has 0 aliphatic carbocycles. The maximum Gasteiger partial charge on any atom is 0.246 e. The van der Waals surface area contributed by atoms with Crippen LogP contribution in [0.15, 0.2) is 108 Å². The molecule has 2 aromatic heterocycles. The van der Waals surface area contributed by atoms with E-state index in [2.05, 4.69) is 22.4 Å². The average molecular weight is 666 g/mol. The number of carbonyl (C=O) groups is 3. The van der Waals surface area contributed by atoms with Gasteiger partial charge >= 0.3 is 0 Å². The molecule has 0 aliphatic heterocycles. The lowest BCUT2D eigenvalue weighted by atomic mass is 9.96. The van der Waals surface area contributed by atoms with Gasteiger partial charge in [-0.15, -0.1) is 11.3 Å². The SMILES string of the molecule is CC(=CC(=O)N(C)[C@H](Cc1ccc(-c2ccccc2)cc1)C(=O)N(C)[C@H](Cc1cccs1)C(=O)NCCc1ccncc1)CC(C)(C)N. The largest absolute Gasteiger partial charge is 0.354 e. The number of likely N-dealkylation sites (N-methyl/N-ethyl adjacent to an activating group) is 2. The highest BCUT2D eigenvalue weighted by atomic mass is 32.1. The number of amides is 3. The molecule has 2 aromatic carbocycles. The molecule has 0 radical (unpaired) electrons. The predicted octanol–water partition coefficient (Wildman–Crippen LogP) is 5.68. The van der Waals surface area contributed by atoms with Gasteiger partial charge in [0.25, 0.3) is 0 Å². The fourth-order valence-corrected chi connectivity index (χ4v) is 6.47. The van der Waals surface area contributed by atoms with Crippen molar-refractivity contribution < 1.29 is 14.4 Å². The molecule has 48 heavy (non-hydrogen) atoms. The summed E-state index contributed by atoms with van der Waals surface area (Å²) in [5.74, 6) is -0.843. The number of aromatic nitrogens is 1. The van der Waals surface area contributed by atoms with E-state index in [-0.39, 0.29) is 24.1 Å². The second kappa shape index (κ2) is 17.0. The van der Waals surface area contributed by atoms with Gasteiger partial charge in [-0.1, -0.05) is 66.2 Å². The zero-order valence-corrected chi connectivity index (χ0v) is 29.4. The van der Waals surface area contributed by atoms with Gasteiger partial charge in [-0.05, 0) is 79.4 Å². The Kier molecular flexibility index (Phi) is 12.8. The van der Waals surface area contributed by atoms with E-state index in [1.807, 2.05) is 92.9 Å². The molecule has 0 aliphatic rings. The summed E-state index contributed by atoms with van der Waals surface area (Å²) in [6.07, 6.45) is 6.83. The molecule has 0 saturated carbocycles. The van der Waals surface area contributed by atoms with Crippen molar-refractivity contribution in [3.8, 4) is 11.1 Å². The number of hydrogen-bond donors (Lipinski definition) is 2. The second-order valence-corrected chi connectivity index (χ2v) is 14.1. The fourth-order valence-electron chi connectivity index (χ4n) is 5.72. The summed E-state index contributed by atoms with van der Waals surface area (Å²) < 4.78 is 0. The number of pyridine rings is 1. The number of carbonyl (C=O) groups excluding carboxylic acids is 3. The highest BCUT2D eigenvalue weighted by molar-refractivity contribution is 7.09. The van der Waals surface area contributed by atoms with Crippen molar-refractivity contribution in [1.29, 1.82) is 0 Å². The molecular weight excluding hydrogens is 619 g/mol. The van der Waals surface area contributed by atoms with E-state index < -0.39 is 17.6 Å². The zero-order chi connectivity index (χ0) is 34.7. The van der Waals surface area contributed by atoms with E-state index in [1.54, 1.807) is 43.9 Å². The number of nitrogens with zero attached hydrogens (tertiary/aromatic N) is 3. The lowest BCUT2D eigenvalue weighted by molar-refractivity contribution is -0.146. The van der Waals surface area contributed by atoms with Crippen LogP contribution < -0.4 is 11.1 Å². The summed E-state index contributed by atoms with van der Waals surface area (Å²) in [4.78, 5) is 49.9. The van der Waals surface area contributed by atoms with Crippen molar-refractivity contribution in [2.75, 3.05) is 20.6 Å². The van der Waals surface area contributed by atoms with Crippen molar-refractivity contribution in [2.45, 2.75) is 64.1 Å². The highest BCUT2D eigenvalue weighted by Gasteiger charge is 2.35. The maximum atomic E-state index is 14.5. The lowest BCUT2D eigenvalue weighted by Crippen LogP contribution is -2.56. The van der Waals surface area contributed by atoms with Crippen LogP contribution in [-0.2, 0) is 33.6 Å². The Bertz CT molecular complexity index is 1650. The summed E-state index contributed by atoms with van der Waals surface area (Å²) in [6, 6.07) is 24.2. The van der Waals surface area contributed by atoms with Crippen LogP contribution in [0.1, 0.15) is 43.2 Å². The summed E-state index contributed by atoms with van der Waals surface area (Å²) in [6.45, 7) is 6.12. The van der Waals surface area contributed by atoms with Crippen LogP contribution in [0.4, 0.5) is 0 Å².